The zero-order valence-corrected chi connectivity index (χ0v) is 7.21. The minimum Gasteiger partial charge on any atom is -0.455 e. The maximum Gasteiger partial charge on any atom is 0.306 e. The number of rotatable bonds is 1. The van der Waals surface area contributed by atoms with Crippen molar-refractivity contribution in [3.8, 4) is 0 Å². The highest BCUT2D eigenvalue weighted by atomic mass is 16.6. The third-order valence-corrected chi connectivity index (χ3v) is 3.16. The zero-order valence-electron chi connectivity index (χ0n) is 7.21. The lowest BCUT2D eigenvalue weighted by atomic mass is 9.85. The molecule has 0 aromatic heterocycles. The van der Waals surface area contributed by atoms with E-state index in [1.165, 1.54) is 12.8 Å². The van der Waals surface area contributed by atoms with Crippen LogP contribution < -0.4 is 0 Å². The Morgan fingerprint density at radius 3 is 3.17 bits per heavy atom. The molecule has 66 valence electrons. The van der Waals surface area contributed by atoms with Gasteiger partial charge in [0.1, 0.15) is 5.60 Å². The van der Waals surface area contributed by atoms with Crippen LogP contribution in [0.2, 0.25) is 0 Å². The molecule has 2 aliphatic rings. The molecule has 1 saturated heterocycles. The molecule has 0 spiro atoms. The summed E-state index contributed by atoms with van der Waals surface area (Å²) < 4.78 is 5.39. The van der Waals surface area contributed by atoms with E-state index in [1.54, 1.807) is 0 Å². The lowest BCUT2D eigenvalue weighted by Gasteiger charge is -2.36. The van der Waals surface area contributed by atoms with E-state index in [2.05, 4.69) is 6.58 Å². The predicted octanol–water partition coefficient (Wildman–Crippen LogP) is 2.05. The molecule has 1 heterocycles. The maximum absolute atomic E-state index is 11.1. The van der Waals surface area contributed by atoms with E-state index in [-0.39, 0.29) is 11.6 Å². The third-order valence-electron chi connectivity index (χ3n) is 3.16. The number of esters is 1. The topological polar surface area (TPSA) is 26.3 Å². The smallest absolute Gasteiger partial charge is 0.306 e. The first-order valence-electron chi connectivity index (χ1n) is 4.62. The minimum atomic E-state index is -0.282. The third kappa shape index (κ3) is 0.977. The summed E-state index contributed by atoms with van der Waals surface area (Å²) in [4.78, 5) is 11.1. The molecule has 1 saturated carbocycles. The Labute approximate surface area is 72.6 Å². The molecule has 0 amide bonds. The molecule has 2 nitrogen and oxygen atoms in total. The van der Waals surface area contributed by atoms with Crippen molar-refractivity contribution in [2.24, 2.45) is 5.92 Å². The quantitative estimate of drug-likeness (QED) is 0.440. The first kappa shape index (κ1) is 7.84. The Hall–Kier alpha value is -0.790. The van der Waals surface area contributed by atoms with E-state index in [0.717, 1.165) is 12.8 Å². The van der Waals surface area contributed by atoms with Crippen molar-refractivity contribution in [3.63, 3.8) is 0 Å². The maximum atomic E-state index is 11.1. The molecule has 0 radical (unpaired) electrons. The molecule has 0 N–H and O–H groups in total. The van der Waals surface area contributed by atoms with Crippen LogP contribution in [0, 0.1) is 5.92 Å². The summed E-state index contributed by atoms with van der Waals surface area (Å²) in [6.45, 7) is 3.78. The van der Waals surface area contributed by atoms with Gasteiger partial charge in [0.2, 0.25) is 0 Å². The summed E-state index contributed by atoms with van der Waals surface area (Å²) in [7, 11) is 0. The van der Waals surface area contributed by atoms with Gasteiger partial charge in [0.25, 0.3) is 0 Å². The minimum absolute atomic E-state index is 0.0481. The fraction of sp³-hybridized carbons (Fsp3) is 0.700. The Balaban J connectivity index is 2.23. The van der Waals surface area contributed by atoms with E-state index in [9.17, 15) is 4.79 Å². The highest BCUT2D eigenvalue weighted by Crippen LogP contribution is 2.45. The molecule has 1 aliphatic carbocycles. The molecular weight excluding hydrogens is 152 g/mol. The fourth-order valence-electron chi connectivity index (χ4n) is 2.46. The molecule has 0 bridgehead atoms. The molecule has 2 rings (SSSR count). The Bertz CT molecular complexity index is 222. The second kappa shape index (κ2) is 2.61. The molecule has 2 fully saturated rings. The monoisotopic (exact) mass is 166 g/mol. The molecular formula is C10H14O2. The van der Waals surface area contributed by atoms with E-state index in [1.807, 2.05) is 6.08 Å². The average molecular weight is 166 g/mol. The Kier molecular flexibility index (Phi) is 1.71. The highest BCUT2D eigenvalue weighted by molar-refractivity contribution is 5.71. The van der Waals surface area contributed by atoms with Crippen LogP contribution in [0.3, 0.4) is 0 Å². The van der Waals surface area contributed by atoms with Crippen molar-refractivity contribution < 1.29 is 9.53 Å². The first-order valence-corrected chi connectivity index (χ1v) is 4.62. The standard InChI is InChI=1S/C10H14O2/c1-2-10-7-3-4-8(10)5-6-9(11)12-10/h2,8H,1,3-7H2/t8-,10-/m0/s1. The summed E-state index contributed by atoms with van der Waals surface area (Å²) in [5.41, 5.74) is -0.282. The normalized spacial score (nSPS) is 40.3. The van der Waals surface area contributed by atoms with Crippen LogP contribution in [0.5, 0.6) is 0 Å². The fourth-order valence-corrected chi connectivity index (χ4v) is 2.46. The van der Waals surface area contributed by atoms with Gasteiger partial charge in [-0.05, 0) is 31.8 Å². The van der Waals surface area contributed by atoms with Gasteiger partial charge < -0.3 is 4.74 Å². The average Bonchev–Trinajstić information content (AvgIpc) is 2.47. The van der Waals surface area contributed by atoms with E-state index in [0.29, 0.717) is 12.3 Å². The molecule has 12 heavy (non-hydrogen) atoms. The lowest BCUT2D eigenvalue weighted by molar-refractivity contribution is -0.165. The van der Waals surface area contributed by atoms with Gasteiger partial charge >= 0.3 is 5.97 Å². The molecule has 0 aromatic rings. The summed E-state index contributed by atoms with van der Waals surface area (Å²) in [5, 5.41) is 0. The van der Waals surface area contributed by atoms with Crippen molar-refractivity contribution in [2.45, 2.75) is 37.7 Å². The number of hydrogen-bond donors (Lipinski definition) is 0. The SMILES string of the molecule is C=C[C@]12CCC[C@H]1CCC(=O)O2. The van der Waals surface area contributed by atoms with Crippen LogP contribution in [-0.2, 0) is 9.53 Å². The molecule has 1 aliphatic heterocycles. The van der Waals surface area contributed by atoms with Crippen LogP contribution in [0.1, 0.15) is 32.1 Å². The predicted molar refractivity (Wildman–Crippen MR) is 45.6 cm³/mol. The number of hydrogen-bond acceptors (Lipinski definition) is 2. The van der Waals surface area contributed by atoms with Crippen molar-refractivity contribution in [1.82, 2.24) is 0 Å². The van der Waals surface area contributed by atoms with Gasteiger partial charge in [-0.1, -0.05) is 6.58 Å². The first-order chi connectivity index (χ1) is 5.77. The summed E-state index contributed by atoms with van der Waals surface area (Å²) in [5.74, 6) is 0.501. The van der Waals surface area contributed by atoms with E-state index < -0.39 is 0 Å². The van der Waals surface area contributed by atoms with Crippen LogP contribution in [0.15, 0.2) is 12.7 Å². The lowest BCUT2D eigenvalue weighted by Crippen LogP contribution is -2.40. The van der Waals surface area contributed by atoms with Crippen LogP contribution in [0.25, 0.3) is 0 Å². The van der Waals surface area contributed by atoms with Gasteiger partial charge in [-0.2, -0.15) is 0 Å². The van der Waals surface area contributed by atoms with Crippen LogP contribution in [0.4, 0.5) is 0 Å². The highest BCUT2D eigenvalue weighted by Gasteiger charge is 2.46. The number of carbonyl (C=O) groups excluding carboxylic acids is 1. The van der Waals surface area contributed by atoms with Crippen LogP contribution in [-0.4, -0.2) is 11.6 Å². The van der Waals surface area contributed by atoms with Gasteiger partial charge in [-0.3, -0.25) is 4.79 Å². The Morgan fingerprint density at radius 1 is 1.58 bits per heavy atom. The van der Waals surface area contributed by atoms with Crippen molar-refractivity contribution in [2.75, 3.05) is 0 Å². The molecule has 0 aromatic carbocycles. The summed E-state index contributed by atoms with van der Waals surface area (Å²) in [6, 6.07) is 0. The molecule has 0 unspecified atom stereocenters. The second-order valence-corrected chi connectivity index (χ2v) is 3.76. The summed E-state index contributed by atoms with van der Waals surface area (Å²) in [6.07, 6.45) is 6.77. The number of ether oxygens (including phenoxy) is 1. The van der Waals surface area contributed by atoms with Gasteiger partial charge in [-0.25, -0.2) is 0 Å². The number of fused-ring (bicyclic) bond motifs is 1. The van der Waals surface area contributed by atoms with E-state index in [4.69, 9.17) is 4.74 Å². The number of carbonyl (C=O) groups is 1. The molecule has 2 heteroatoms. The van der Waals surface area contributed by atoms with Gasteiger partial charge in [0.15, 0.2) is 0 Å². The van der Waals surface area contributed by atoms with Crippen molar-refractivity contribution in [1.29, 1.82) is 0 Å². The van der Waals surface area contributed by atoms with Gasteiger partial charge in [0, 0.05) is 12.3 Å². The van der Waals surface area contributed by atoms with Gasteiger partial charge in [-0.15, -0.1) is 0 Å². The summed E-state index contributed by atoms with van der Waals surface area (Å²) >= 11 is 0. The Morgan fingerprint density at radius 2 is 2.42 bits per heavy atom. The largest absolute Gasteiger partial charge is 0.455 e. The second-order valence-electron chi connectivity index (χ2n) is 3.76. The molecule has 2 atom stereocenters. The van der Waals surface area contributed by atoms with Crippen molar-refractivity contribution in [3.05, 3.63) is 12.7 Å². The van der Waals surface area contributed by atoms with Gasteiger partial charge in [0.05, 0.1) is 0 Å². The zero-order chi connectivity index (χ0) is 8.60. The van der Waals surface area contributed by atoms with Crippen molar-refractivity contribution >= 4 is 5.97 Å². The van der Waals surface area contributed by atoms with Crippen LogP contribution >= 0.6 is 0 Å². The van der Waals surface area contributed by atoms with E-state index >= 15 is 0 Å².